The first-order valence-electron chi connectivity index (χ1n) is 8.73. The van der Waals surface area contributed by atoms with E-state index >= 15 is 0 Å². The first-order valence-corrected chi connectivity index (χ1v) is 8.73. The van der Waals surface area contributed by atoms with Crippen molar-refractivity contribution in [3.8, 4) is 11.3 Å². The second-order valence-electron chi connectivity index (χ2n) is 6.45. The fraction of sp³-hybridized carbons (Fsp3) is 0.389. The van der Waals surface area contributed by atoms with Crippen LogP contribution in [0.5, 0.6) is 0 Å². The summed E-state index contributed by atoms with van der Waals surface area (Å²) < 4.78 is 1.97. The van der Waals surface area contributed by atoms with Crippen molar-refractivity contribution in [3.05, 3.63) is 42.4 Å². The van der Waals surface area contributed by atoms with Crippen LogP contribution in [0.4, 0.5) is 0 Å². The molecule has 3 aromatic heterocycles. The Bertz CT molecular complexity index is 954. The third-order valence-electron chi connectivity index (χ3n) is 4.74. The molecule has 0 saturated heterocycles. The molecule has 1 aliphatic rings. The van der Waals surface area contributed by atoms with Gasteiger partial charge in [-0.3, -0.25) is 15.1 Å². The minimum Gasteiger partial charge on any atom is -0.507 e. The first kappa shape index (κ1) is 22.3. The third kappa shape index (κ3) is 5.27. The Kier molecular flexibility index (Phi) is 8.33. The molecule has 28 heavy (non-hydrogen) atoms. The van der Waals surface area contributed by atoms with Crippen molar-refractivity contribution in [2.24, 2.45) is 5.92 Å². The minimum atomic E-state index is -0.833. The SMILES string of the molecule is [B]C(=N)O.[C-]#[N+]C[C@H](C1CCCC1)n1cc(-c2ncnc3[n-]ccc23)cn1.[Y]. The Morgan fingerprint density at radius 3 is 2.82 bits per heavy atom. The van der Waals surface area contributed by atoms with Gasteiger partial charge in [0, 0.05) is 50.8 Å². The summed E-state index contributed by atoms with van der Waals surface area (Å²) in [5.41, 5.74) is 2.52. The van der Waals surface area contributed by atoms with Crippen molar-refractivity contribution in [2.75, 3.05) is 6.54 Å². The Balaban J connectivity index is 0.000000515. The van der Waals surface area contributed by atoms with Gasteiger partial charge in [0.2, 0.25) is 6.54 Å². The maximum atomic E-state index is 7.42. The van der Waals surface area contributed by atoms with Crippen molar-refractivity contribution >= 4 is 24.7 Å². The fourth-order valence-electron chi connectivity index (χ4n) is 3.58. The summed E-state index contributed by atoms with van der Waals surface area (Å²) in [6.45, 7) is 7.75. The molecule has 1 fully saturated rings. The molecule has 1 saturated carbocycles. The van der Waals surface area contributed by atoms with Gasteiger partial charge in [-0.25, -0.2) is 6.57 Å². The molecule has 10 heteroatoms. The monoisotopic (exact) mass is 449 g/mol. The maximum absolute atomic E-state index is 7.42. The Morgan fingerprint density at radius 2 is 2.14 bits per heavy atom. The van der Waals surface area contributed by atoms with Gasteiger partial charge in [-0.2, -0.15) is 5.10 Å². The van der Waals surface area contributed by atoms with Crippen molar-refractivity contribution in [1.82, 2.24) is 24.7 Å². The molecule has 3 aromatic rings. The van der Waals surface area contributed by atoms with Gasteiger partial charge in [0.1, 0.15) is 11.8 Å². The Hall–Kier alpha value is -2.04. The molecule has 3 heterocycles. The van der Waals surface area contributed by atoms with Gasteiger partial charge in [0.25, 0.3) is 0 Å². The van der Waals surface area contributed by atoms with Crippen LogP contribution in [0.1, 0.15) is 31.7 Å². The van der Waals surface area contributed by atoms with Gasteiger partial charge in [0.15, 0.2) is 7.85 Å². The van der Waals surface area contributed by atoms with Crippen LogP contribution in [-0.4, -0.2) is 45.0 Å². The molecular weight excluding hydrogens is 430 g/mol. The molecule has 8 nitrogen and oxygen atoms in total. The average molecular weight is 449 g/mol. The minimum absolute atomic E-state index is 0. The Labute approximate surface area is 189 Å². The number of nitrogens with zero attached hydrogens (tertiary/aromatic N) is 6. The van der Waals surface area contributed by atoms with E-state index in [4.69, 9.17) is 17.1 Å². The fourth-order valence-corrected chi connectivity index (χ4v) is 3.58. The largest absolute Gasteiger partial charge is 0.507 e. The molecule has 4 rings (SSSR count). The number of nitrogens with one attached hydrogen (secondary N) is 1. The summed E-state index contributed by atoms with van der Waals surface area (Å²) >= 11 is 0. The number of rotatable bonds is 4. The topological polar surface area (TPSA) is 106 Å². The van der Waals surface area contributed by atoms with Crippen LogP contribution in [-0.2, 0) is 32.7 Å². The first-order chi connectivity index (χ1) is 13.1. The molecule has 2 N–H and O–H groups in total. The predicted octanol–water partition coefficient (Wildman–Crippen LogP) is 2.75. The molecule has 139 valence electrons. The van der Waals surface area contributed by atoms with Gasteiger partial charge >= 0.3 is 0 Å². The van der Waals surface area contributed by atoms with Crippen molar-refractivity contribution in [3.63, 3.8) is 0 Å². The zero-order valence-electron chi connectivity index (χ0n) is 15.4. The van der Waals surface area contributed by atoms with E-state index in [0.717, 1.165) is 16.6 Å². The summed E-state index contributed by atoms with van der Waals surface area (Å²) in [4.78, 5) is 16.4. The van der Waals surface area contributed by atoms with E-state index in [1.165, 1.54) is 32.0 Å². The standard InChI is InChI=1S/C17H17N6.CH2BNO.Y/c1-18-9-15(12-4-2-3-5-12)23-10-13(8-22-23)16-14-6-7-19-17(14)21-11-20-16;2-1(3)4;/h6-8,10-12,15H,2-5,9H2;(H2,3,4);/q-1;;/t15-;;/m1../s1. The van der Waals surface area contributed by atoms with Crippen molar-refractivity contribution in [1.29, 1.82) is 5.41 Å². The van der Waals surface area contributed by atoms with E-state index in [0.29, 0.717) is 18.1 Å². The zero-order valence-corrected chi connectivity index (χ0v) is 18.2. The van der Waals surface area contributed by atoms with E-state index < -0.39 is 5.80 Å². The third-order valence-corrected chi connectivity index (χ3v) is 4.74. The van der Waals surface area contributed by atoms with Gasteiger partial charge in [-0.05, 0) is 29.8 Å². The summed E-state index contributed by atoms with van der Waals surface area (Å²) in [6.07, 6.45) is 12.0. The molecule has 0 amide bonds. The number of hydrogen-bond donors (Lipinski definition) is 2. The molecule has 0 bridgehead atoms. The smallest absolute Gasteiger partial charge is 0.237 e. The molecule has 3 radical (unpaired) electrons. The quantitative estimate of drug-likeness (QED) is 0.276. The van der Waals surface area contributed by atoms with Crippen molar-refractivity contribution < 1.29 is 37.8 Å². The predicted molar refractivity (Wildman–Crippen MR) is 103 cm³/mol. The zero-order chi connectivity index (χ0) is 19.2. The average Bonchev–Trinajstić information content (AvgIpc) is 3.40. The van der Waals surface area contributed by atoms with Gasteiger partial charge in [-0.1, -0.05) is 25.1 Å². The molecule has 0 aromatic carbocycles. The van der Waals surface area contributed by atoms with Gasteiger partial charge in [-0.15, -0.1) is 0 Å². The van der Waals surface area contributed by atoms with Crippen LogP contribution in [0, 0.1) is 17.9 Å². The van der Waals surface area contributed by atoms with Crippen LogP contribution < -0.4 is 4.98 Å². The summed E-state index contributed by atoms with van der Waals surface area (Å²) in [5, 5.41) is 18.7. The van der Waals surface area contributed by atoms with Gasteiger partial charge < -0.3 is 19.9 Å². The van der Waals surface area contributed by atoms with Gasteiger partial charge in [0.05, 0.1) is 11.9 Å². The number of fused-ring (bicyclic) bond motifs is 1. The van der Waals surface area contributed by atoms with Crippen LogP contribution >= 0.6 is 0 Å². The summed E-state index contributed by atoms with van der Waals surface area (Å²) in [7, 11) is 4.25. The van der Waals surface area contributed by atoms with Crippen LogP contribution in [0.3, 0.4) is 0 Å². The van der Waals surface area contributed by atoms with Crippen LogP contribution in [0.15, 0.2) is 31.0 Å². The van der Waals surface area contributed by atoms with Crippen LogP contribution in [0.2, 0.25) is 0 Å². The summed E-state index contributed by atoms with van der Waals surface area (Å²) in [5.74, 6) is -0.275. The number of aliphatic hydroxyl groups is 1. The molecular formula is C18H19BN7OY-. The van der Waals surface area contributed by atoms with E-state index in [1.807, 2.05) is 23.1 Å². The second-order valence-corrected chi connectivity index (χ2v) is 6.45. The number of aliphatic hydroxyl groups excluding tert-OH is 1. The Morgan fingerprint density at radius 1 is 1.43 bits per heavy atom. The summed E-state index contributed by atoms with van der Waals surface area (Å²) in [6, 6.07) is 2.09. The number of aromatic nitrogens is 5. The molecule has 1 atom stereocenters. The molecule has 0 aliphatic heterocycles. The van der Waals surface area contributed by atoms with Crippen molar-refractivity contribution in [2.45, 2.75) is 31.7 Å². The molecule has 0 unspecified atom stereocenters. The molecule has 0 spiro atoms. The van der Waals surface area contributed by atoms with E-state index in [1.54, 1.807) is 6.20 Å². The molecule has 1 aliphatic carbocycles. The van der Waals surface area contributed by atoms with Crippen LogP contribution in [0.25, 0.3) is 27.1 Å². The van der Waals surface area contributed by atoms with E-state index in [2.05, 4.69) is 32.7 Å². The maximum Gasteiger partial charge on any atom is 0.237 e. The van der Waals surface area contributed by atoms with E-state index in [-0.39, 0.29) is 38.8 Å². The second kappa shape index (κ2) is 10.5. The normalized spacial score (nSPS) is 14.5. The van der Waals surface area contributed by atoms with E-state index in [9.17, 15) is 0 Å². The number of hydrogen-bond acceptors (Lipinski definition) is 4.